The number of fused-ring (bicyclic) bond motifs is 1. The summed E-state index contributed by atoms with van der Waals surface area (Å²) < 4.78 is 38.1. The van der Waals surface area contributed by atoms with Crippen molar-refractivity contribution in [2.24, 2.45) is 0 Å². The number of nitrogens with one attached hydrogen (secondary N) is 2. The van der Waals surface area contributed by atoms with Gasteiger partial charge in [-0.15, -0.1) is 0 Å². The molecule has 0 spiro atoms. The molecule has 0 unspecified atom stereocenters. The molecule has 130 valence electrons. The maximum Gasteiger partial charge on any atom is 0.405 e. The summed E-state index contributed by atoms with van der Waals surface area (Å²) >= 11 is 0. The van der Waals surface area contributed by atoms with E-state index < -0.39 is 18.6 Å². The van der Waals surface area contributed by atoms with Gasteiger partial charge in [0.2, 0.25) is 0 Å². The molecule has 1 amide bonds. The third kappa shape index (κ3) is 3.90. The number of hydrogen-bond donors (Lipinski definition) is 2. The molecule has 3 rings (SSSR count). The molecule has 2 N–H and O–H groups in total. The van der Waals surface area contributed by atoms with Crippen molar-refractivity contribution < 1.29 is 18.0 Å². The van der Waals surface area contributed by atoms with Gasteiger partial charge in [0.05, 0.1) is 17.6 Å². The van der Waals surface area contributed by atoms with Gasteiger partial charge in [-0.05, 0) is 29.8 Å². The van der Waals surface area contributed by atoms with E-state index >= 15 is 0 Å². The number of imidazole rings is 1. The summed E-state index contributed by atoms with van der Waals surface area (Å²) in [6.45, 7) is -1.19. The molecule has 0 radical (unpaired) electrons. The highest BCUT2D eigenvalue weighted by Crippen LogP contribution is 2.14. The number of para-hydroxylation sites is 2. The fourth-order valence-corrected chi connectivity index (χ4v) is 2.54. The summed E-state index contributed by atoms with van der Waals surface area (Å²) in [5.74, 6) is -0.814. The van der Waals surface area contributed by atoms with E-state index in [9.17, 15) is 22.8 Å². The van der Waals surface area contributed by atoms with Gasteiger partial charge in [0.25, 0.3) is 5.91 Å². The second-order valence-corrected chi connectivity index (χ2v) is 5.53. The van der Waals surface area contributed by atoms with Crippen LogP contribution in [0.2, 0.25) is 0 Å². The topological polar surface area (TPSA) is 66.9 Å². The van der Waals surface area contributed by atoms with Gasteiger partial charge in [0.15, 0.2) is 0 Å². The number of rotatable bonds is 4. The van der Waals surface area contributed by atoms with E-state index in [0.29, 0.717) is 16.6 Å². The Kier molecular flexibility index (Phi) is 4.35. The maximum absolute atomic E-state index is 12.2. The lowest BCUT2D eigenvalue weighted by molar-refractivity contribution is -0.123. The van der Waals surface area contributed by atoms with Crippen LogP contribution in [-0.4, -0.2) is 28.2 Å². The fourth-order valence-electron chi connectivity index (χ4n) is 2.54. The van der Waals surface area contributed by atoms with Gasteiger partial charge >= 0.3 is 11.9 Å². The smallest absolute Gasteiger partial charge is 0.343 e. The van der Waals surface area contributed by atoms with Gasteiger partial charge in [-0.2, -0.15) is 13.2 Å². The van der Waals surface area contributed by atoms with Crippen molar-refractivity contribution in [3.63, 3.8) is 0 Å². The first-order valence-electron chi connectivity index (χ1n) is 7.45. The highest BCUT2D eigenvalue weighted by molar-refractivity contribution is 5.94. The molecule has 0 aliphatic carbocycles. The number of H-pyrrole nitrogens is 1. The number of alkyl halides is 3. The zero-order valence-electron chi connectivity index (χ0n) is 12.9. The number of amides is 1. The molecule has 0 fully saturated rings. The van der Waals surface area contributed by atoms with Crippen LogP contribution in [0.1, 0.15) is 15.9 Å². The molecule has 5 nitrogen and oxygen atoms in total. The first-order valence-corrected chi connectivity index (χ1v) is 7.45. The van der Waals surface area contributed by atoms with Gasteiger partial charge in [0, 0.05) is 5.56 Å². The predicted octanol–water partition coefficient (Wildman–Crippen LogP) is 2.67. The Morgan fingerprint density at radius 3 is 2.64 bits per heavy atom. The molecule has 2 aromatic carbocycles. The molecule has 0 aliphatic rings. The quantitative estimate of drug-likeness (QED) is 0.760. The van der Waals surface area contributed by atoms with Crippen LogP contribution in [-0.2, 0) is 6.54 Å². The third-order valence-corrected chi connectivity index (χ3v) is 3.66. The summed E-state index contributed by atoms with van der Waals surface area (Å²) in [5, 5.41) is 1.83. The Morgan fingerprint density at radius 2 is 1.88 bits per heavy atom. The molecule has 1 aromatic heterocycles. The Balaban J connectivity index is 1.83. The van der Waals surface area contributed by atoms with E-state index in [4.69, 9.17) is 0 Å². The molecule has 25 heavy (non-hydrogen) atoms. The molecule has 3 aromatic rings. The highest BCUT2D eigenvalue weighted by atomic mass is 19.4. The SMILES string of the molecule is O=C(NCC(F)(F)F)c1cccc(Cn2c(=O)[nH]c3ccccc32)c1. The van der Waals surface area contributed by atoms with Crippen LogP contribution >= 0.6 is 0 Å². The van der Waals surface area contributed by atoms with Crippen molar-refractivity contribution in [2.75, 3.05) is 6.54 Å². The van der Waals surface area contributed by atoms with Gasteiger partial charge in [-0.1, -0.05) is 24.3 Å². The molecule has 0 bridgehead atoms. The van der Waals surface area contributed by atoms with Crippen molar-refractivity contribution in [2.45, 2.75) is 12.7 Å². The zero-order chi connectivity index (χ0) is 18.0. The van der Waals surface area contributed by atoms with Crippen molar-refractivity contribution in [1.82, 2.24) is 14.9 Å². The second-order valence-electron chi connectivity index (χ2n) is 5.53. The van der Waals surface area contributed by atoms with Crippen LogP contribution in [0.5, 0.6) is 0 Å². The summed E-state index contributed by atoms with van der Waals surface area (Å²) in [6.07, 6.45) is -4.47. The lowest BCUT2D eigenvalue weighted by Crippen LogP contribution is -2.33. The molecular formula is C17H14F3N3O2. The standard InChI is InChI=1S/C17H14F3N3O2/c18-17(19,20)10-21-15(24)12-5-3-4-11(8-12)9-23-14-7-2-1-6-13(14)22-16(23)25/h1-8H,9-10H2,(H,21,24)(H,22,25). The van der Waals surface area contributed by atoms with Crippen LogP contribution in [0.3, 0.4) is 0 Å². The van der Waals surface area contributed by atoms with Crippen LogP contribution in [0.4, 0.5) is 13.2 Å². The molecule has 0 saturated carbocycles. The average Bonchev–Trinajstić information content (AvgIpc) is 2.88. The van der Waals surface area contributed by atoms with Crippen molar-refractivity contribution in [1.29, 1.82) is 0 Å². The zero-order valence-corrected chi connectivity index (χ0v) is 12.9. The van der Waals surface area contributed by atoms with Crippen molar-refractivity contribution >= 4 is 16.9 Å². The maximum atomic E-state index is 12.2. The minimum atomic E-state index is -4.47. The predicted molar refractivity (Wildman–Crippen MR) is 86.5 cm³/mol. The minimum Gasteiger partial charge on any atom is -0.343 e. The summed E-state index contributed by atoms with van der Waals surface area (Å²) in [4.78, 5) is 26.6. The van der Waals surface area contributed by atoms with E-state index in [1.807, 2.05) is 5.32 Å². The first-order chi connectivity index (χ1) is 11.8. The number of benzene rings is 2. The molecule has 0 atom stereocenters. The first kappa shape index (κ1) is 16.8. The Bertz CT molecular complexity index is 973. The highest BCUT2D eigenvalue weighted by Gasteiger charge is 2.27. The number of halogens is 3. The molecule has 1 heterocycles. The minimum absolute atomic E-state index is 0.106. The second kappa shape index (κ2) is 6.46. The number of aromatic nitrogens is 2. The summed E-state index contributed by atoms with van der Waals surface area (Å²) in [7, 11) is 0. The van der Waals surface area contributed by atoms with Crippen molar-refractivity contribution in [3.05, 3.63) is 70.1 Å². The van der Waals surface area contributed by atoms with E-state index in [1.165, 1.54) is 16.7 Å². The average molecular weight is 349 g/mol. The summed E-state index contributed by atoms with van der Waals surface area (Å²) in [5.41, 5.74) is 1.83. The van der Waals surface area contributed by atoms with Gasteiger partial charge in [-0.3, -0.25) is 9.36 Å². The summed E-state index contributed by atoms with van der Waals surface area (Å²) in [6, 6.07) is 13.3. The fraction of sp³-hybridized carbons (Fsp3) is 0.176. The number of carbonyl (C=O) groups excluding carboxylic acids is 1. The number of hydrogen-bond acceptors (Lipinski definition) is 2. The Morgan fingerprint density at radius 1 is 1.12 bits per heavy atom. The van der Waals surface area contributed by atoms with Crippen LogP contribution < -0.4 is 11.0 Å². The van der Waals surface area contributed by atoms with E-state index in [1.54, 1.807) is 36.4 Å². The molecule has 0 aliphatic heterocycles. The molecule has 8 heteroatoms. The van der Waals surface area contributed by atoms with Crippen molar-refractivity contribution in [3.8, 4) is 0 Å². The normalized spacial score (nSPS) is 11.6. The lowest BCUT2D eigenvalue weighted by Gasteiger charge is -2.09. The van der Waals surface area contributed by atoms with Crippen LogP contribution in [0.15, 0.2) is 53.3 Å². The van der Waals surface area contributed by atoms with Crippen LogP contribution in [0, 0.1) is 0 Å². The monoisotopic (exact) mass is 349 g/mol. The van der Waals surface area contributed by atoms with E-state index in [0.717, 1.165) is 0 Å². The number of aromatic amines is 1. The number of carbonyl (C=O) groups is 1. The largest absolute Gasteiger partial charge is 0.405 e. The third-order valence-electron chi connectivity index (χ3n) is 3.66. The molecule has 0 saturated heterocycles. The van der Waals surface area contributed by atoms with Gasteiger partial charge < -0.3 is 10.3 Å². The molecular weight excluding hydrogens is 335 g/mol. The number of nitrogens with zero attached hydrogens (tertiary/aromatic N) is 1. The Hall–Kier alpha value is -3.03. The van der Waals surface area contributed by atoms with Crippen LogP contribution in [0.25, 0.3) is 11.0 Å². The van der Waals surface area contributed by atoms with E-state index in [-0.39, 0.29) is 17.8 Å². The van der Waals surface area contributed by atoms with Gasteiger partial charge in [-0.25, -0.2) is 4.79 Å². The van der Waals surface area contributed by atoms with Gasteiger partial charge in [0.1, 0.15) is 6.54 Å². The lowest BCUT2D eigenvalue weighted by atomic mass is 10.1. The Labute approximate surface area is 140 Å². The van der Waals surface area contributed by atoms with E-state index in [2.05, 4.69) is 4.98 Å².